The molecule has 2 N–H and O–H groups in total. The van der Waals surface area contributed by atoms with Crippen molar-refractivity contribution < 1.29 is 32.7 Å². The number of hydrogen-bond acceptors (Lipinski definition) is 8. The van der Waals surface area contributed by atoms with Crippen molar-refractivity contribution in [1.82, 2.24) is 19.5 Å². The van der Waals surface area contributed by atoms with Gasteiger partial charge in [0.2, 0.25) is 5.91 Å². The third-order valence-electron chi connectivity index (χ3n) is 8.09. The predicted octanol–water partition coefficient (Wildman–Crippen LogP) is 2.45. The zero-order valence-electron chi connectivity index (χ0n) is 24.6. The number of rotatable bonds is 7. The van der Waals surface area contributed by atoms with Gasteiger partial charge in [0.05, 0.1) is 18.2 Å². The number of sulfonamides is 1. The van der Waals surface area contributed by atoms with Crippen molar-refractivity contribution in [2.24, 2.45) is 0 Å². The van der Waals surface area contributed by atoms with Gasteiger partial charge in [-0.05, 0) is 59.4 Å². The standard InChI is InChI=1S/C32H34N4O7S/c1-32(2,3)23-10-8-21(9-11-23)29(39)34-25(17-20-6-12-24(37)13-7-20)30(40)35-16-14-26-28(35)27(38)19-36(26)44(42,43)31(41)22-5-4-15-33-18-22/h4-13,15,18,25-26,28,37H,14,16-17,19H2,1-3H3,(H,34,39). The number of benzene rings is 2. The fraction of sp³-hybridized carbons (Fsp3) is 0.344. The Bertz CT molecular complexity index is 1690. The molecule has 2 aliphatic rings. The summed E-state index contributed by atoms with van der Waals surface area (Å²) in [6.07, 6.45) is 2.77. The zero-order chi connectivity index (χ0) is 31.8. The summed E-state index contributed by atoms with van der Waals surface area (Å²) in [5.74, 6) is -1.49. The molecule has 1 aromatic heterocycles. The quantitative estimate of drug-likeness (QED) is 0.409. The maximum Gasteiger partial charge on any atom is 0.293 e. The summed E-state index contributed by atoms with van der Waals surface area (Å²) in [6, 6.07) is 13.0. The van der Waals surface area contributed by atoms with Crippen LogP contribution < -0.4 is 5.32 Å². The van der Waals surface area contributed by atoms with Gasteiger partial charge < -0.3 is 15.3 Å². The molecule has 3 aromatic rings. The average molecular weight is 619 g/mol. The molecule has 12 heteroatoms. The molecular formula is C32H34N4O7S. The van der Waals surface area contributed by atoms with Gasteiger partial charge >= 0.3 is 0 Å². The second-order valence-electron chi connectivity index (χ2n) is 12.1. The summed E-state index contributed by atoms with van der Waals surface area (Å²) >= 11 is 0. The number of phenols is 1. The molecule has 0 aliphatic carbocycles. The maximum absolute atomic E-state index is 14.0. The van der Waals surface area contributed by atoms with Gasteiger partial charge in [0.1, 0.15) is 17.8 Å². The second-order valence-corrected chi connectivity index (χ2v) is 13.9. The largest absolute Gasteiger partial charge is 0.508 e. The first-order valence-electron chi connectivity index (χ1n) is 14.3. The smallest absolute Gasteiger partial charge is 0.293 e. The summed E-state index contributed by atoms with van der Waals surface area (Å²) < 4.78 is 27.5. The molecular weight excluding hydrogens is 584 g/mol. The van der Waals surface area contributed by atoms with E-state index < -0.39 is 57.4 Å². The number of ketones is 1. The highest BCUT2D eigenvalue weighted by Crippen LogP contribution is 2.33. The average Bonchev–Trinajstić information content (AvgIpc) is 3.58. The zero-order valence-corrected chi connectivity index (χ0v) is 25.5. The number of nitrogens with zero attached hydrogens (tertiary/aromatic N) is 3. The monoisotopic (exact) mass is 618 g/mol. The number of carbonyl (C=O) groups excluding carboxylic acids is 4. The molecule has 3 heterocycles. The van der Waals surface area contributed by atoms with Crippen LogP contribution in [0.15, 0.2) is 73.1 Å². The van der Waals surface area contributed by atoms with Crippen molar-refractivity contribution >= 4 is 32.7 Å². The number of hydrogen-bond donors (Lipinski definition) is 2. The van der Waals surface area contributed by atoms with Crippen LogP contribution in [-0.2, 0) is 31.4 Å². The number of amides is 2. The minimum Gasteiger partial charge on any atom is -0.508 e. The van der Waals surface area contributed by atoms with Crippen LogP contribution in [0.1, 0.15) is 59.0 Å². The van der Waals surface area contributed by atoms with Gasteiger partial charge in [0, 0.05) is 30.9 Å². The Kier molecular flexibility index (Phi) is 8.41. The SMILES string of the molecule is CC(C)(C)c1ccc(C(=O)NC(Cc2ccc(O)cc2)C(=O)N2CCC3C2C(=O)CN3S(=O)(=O)C(=O)c2cccnc2)cc1. The number of carbonyl (C=O) groups is 4. The summed E-state index contributed by atoms with van der Waals surface area (Å²) in [7, 11) is -4.57. The second kappa shape index (κ2) is 11.9. The van der Waals surface area contributed by atoms with Gasteiger partial charge in [-0.1, -0.05) is 45.0 Å². The molecule has 3 unspecified atom stereocenters. The number of phenolic OH excluding ortho intramolecular Hbond substituents is 1. The third-order valence-corrected chi connectivity index (χ3v) is 9.82. The van der Waals surface area contributed by atoms with E-state index >= 15 is 0 Å². The van der Waals surface area contributed by atoms with Crippen molar-refractivity contribution in [1.29, 1.82) is 0 Å². The van der Waals surface area contributed by atoms with Crippen LogP contribution in [0.2, 0.25) is 0 Å². The molecule has 0 bridgehead atoms. The molecule has 2 fully saturated rings. The number of pyridine rings is 1. The van der Waals surface area contributed by atoms with Gasteiger partial charge in [0.25, 0.3) is 21.0 Å². The first kappa shape index (κ1) is 31.0. The summed E-state index contributed by atoms with van der Waals surface area (Å²) in [5.41, 5.74) is 1.81. The van der Waals surface area contributed by atoms with Crippen molar-refractivity contribution in [2.45, 2.75) is 57.2 Å². The van der Waals surface area contributed by atoms with Crippen LogP contribution in [0.25, 0.3) is 0 Å². The molecule has 2 aromatic carbocycles. The molecule has 2 amide bonds. The molecule has 0 saturated carbocycles. The normalized spacial score (nSPS) is 19.4. The van der Waals surface area contributed by atoms with Gasteiger partial charge in [-0.3, -0.25) is 24.2 Å². The van der Waals surface area contributed by atoms with E-state index in [0.717, 1.165) is 16.1 Å². The fourth-order valence-electron chi connectivity index (χ4n) is 5.71. The first-order chi connectivity index (χ1) is 20.8. The van der Waals surface area contributed by atoms with Gasteiger partial charge in [-0.25, -0.2) is 8.42 Å². The third kappa shape index (κ3) is 6.13. The van der Waals surface area contributed by atoms with E-state index in [1.54, 1.807) is 24.3 Å². The lowest BCUT2D eigenvalue weighted by molar-refractivity contribution is -0.138. The fourth-order valence-corrected chi connectivity index (χ4v) is 7.22. The van der Waals surface area contributed by atoms with Crippen molar-refractivity contribution in [3.8, 4) is 5.75 Å². The van der Waals surface area contributed by atoms with E-state index in [9.17, 15) is 32.7 Å². The topological polar surface area (TPSA) is 154 Å². The Morgan fingerprint density at radius 2 is 1.70 bits per heavy atom. The molecule has 230 valence electrons. The molecule has 0 spiro atoms. The minimum atomic E-state index is -4.57. The molecule has 0 radical (unpaired) electrons. The lowest BCUT2D eigenvalue weighted by Crippen LogP contribution is -2.53. The molecule has 3 atom stereocenters. The van der Waals surface area contributed by atoms with E-state index in [-0.39, 0.29) is 36.1 Å². The van der Waals surface area contributed by atoms with Crippen LogP contribution >= 0.6 is 0 Å². The first-order valence-corrected chi connectivity index (χ1v) is 15.7. The van der Waals surface area contributed by atoms with Gasteiger partial charge in [-0.2, -0.15) is 4.31 Å². The number of aromatic hydroxyl groups is 1. The Morgan fingerprint density at radius 1 is 1.02 bits per heavy atom. The van der Waals surface area contributed by atoms with Crippen molar-refractivity contribution in [3.05, 3.63) is 95.3 Å². The number of nitrogens with one attached hydrogen (secondary N) is 1. The summed E-state index contributed by atoms with van der Waals surface area (Å²) in [4.78, 5) is 58.6. The van der Waals surface area contributed by atoms with E-state index in [4.69, 9.17) is 0 Å². The molecule has 2 aliphatic heterocycles. The Hall–Kier alpha value is -4.42. The van der Waals surface area contributed by atoms with Gasteiger partial charge in [0.15, 0.2) is 5.78 Å². The number of Topliss-reactive ketones (excluding diaryl/α,β-unsaturated/α-hetero) is 1. The van der Waals surface area contributed by atoms with Crippen LogP contribution in [0, 0.1) is 0 Å². The molecule has 5 rings (SSSR count). The number of likely N-dealkylation sites (tertiary alicyclic amines) is 1. The summed E-state index contributed by atoms with van der Waals surface area (Å²) in [5, 5.41) is 11.4. The van der Waals surface area contributed by atoms with E-state index in [0.29, 0.717) is 11.1 Å². The molecule has 2 saturated heterocycles. The Balaban J connectivity index is 1.39. The number of aromatic nitrogens is 1. The van der Waals surface area contributed by atoms with Crippen LogP contribution in [0.3, 0.4) is 0 Å². The van der Waals surface area contributed by atoms with Crippen molar-refractivity contribution in [3.63, 3.8) is 0 Å². The predicted molar refractivity (Wildman–Crippen MR) is 161 cm³/mol. The van der Waals surface area contributed by atoms with E-state index in [1.807, 2.05) is 12.1 Å². The highest BCUT2D eigenvalue weighted by Gasteiger charge is 2.55. The van der Waals surface area contributed by atoms with Crippen molar-refractivity contribution in [2.75, 3.05) is 13.1 Å². The summed E-state index contributed by atoms with van der Waals surface area (Å²) in [6.45, 7) is 5.70. The highest BCUT2D eigenvalue weighted by atomic mass is 32.2. The van der Waals surface area contributed by atoms with Crippen LogP contribution in [0.4, 0.5) is 0 Å². The number of fused-ring (bicyclic) bond motifs is 1. The maximum atomic E-state index is 14.0. The molecule has 44 heavy (non-hydrogen) atoms. The Morgan fingerprint density at radius 3 is 2.32 bits per heavy atom. The lowest BCUT2D eigenvalue weighted by Gasteiger charge is -2.28. The van der Waals surface area contributed by atoms with Crippen LogP contribution in [-0.4, -0.2) is 81.6 Å². The van der Waals surface area contributed by atoms with E-state index in [2.05, 4.69) is 31.1 Å². The van der Waals surface area contributed by atoms with Crippen LogP contribution in [0.5, 0.6) is 5.75 Å². The minimum absolute atomic E-state index is 0.0423. The lowest BCUT2D eigenvalue weighted by atomic mass is 9.86. The Labute approximate surface area is 255 Å². The highest BCUT2D eigenvalue weighted by molar-refractivity contribution is 8.04. The van der Waals surface area contributed by atoms with E-state index in [1.165, 1.54) is 35.4 Å². The van der Waals surface area contributed by atoms with Gasteiger partial charge in [-0.15, -0.1) is 0 Å². The molecule has 11 nitrogen and oxygen atoms in total.